The minimum atomic E-state index is 0.00150. The molecule has 0 radical (unpaired) electrons. The first-order valence-electron chi connectivity index (χ1n) is 10.3. The van der Waals surface area contributed by atoms with Gasteiger partial charge < -0.3 is 13.7 Å². The topological polar surface area (TPSA) is 98.2 Å². The molecule has 0 unspecified atom stereocenters. The zero-order valence-electron chi connectivity index (χ0n) is 17.5. The number of likely N-dealkylation sites (tertiary alicyclic amines) is 1. The van der Waals surface area contributed by atoms with Crippen molar-refractivity contribution < 1.29 is 13.6 Å². The summed E-state index contributed by atoms with van der Waals surface area (Å²) < 4.78 is 11.0. The van der Waals surface area contributed by atoms with Crippen LogP contribution in [0.1, 0.15) is 47.5 Å². The van der Waals surface area contributed by atoms with Crippen molar-refractivity contribution in [3.63, 3.8) is 0 Å². The van der Waals surface area contributed by atoms with Crippen LogP contribution in [0.2, 0.25) is 5.02 Å². The lowest BCUT2D eigenvalue weighted by molar-refractivity contribution is -0.127. The summed E-state index contributed by atoms with van der Waals surface area (Å²) in [7, 11) is 0. The Balaban J connectivity index is 1.36. The summed E-state index contributed by atoms with van der Waals surface area (Å²) in [4.78, 5) is 14.6. The summed E-state index contributed by atoms with van der Waals surface area (Å²) >= 11 is 6.16. The van der Waals surface area contributed by atoms with Crippen molar-refractivity contribution in [2.75, 3.05) is 13.1 Å². The molecular weight excluding hydrogens is 418 g/mol. The first-order chi connectivity index (χ1) is 15.0. The molecule has 1 aliphatic rings. The van der Waals surface area contributed by atoms with Gasteiger partial charge in [-0.05, 0) is 48.1 Å². The fraction of sp³-hybridized carbons (Fsp3) is 0.409. The summed E-state index contributed by atoms with van der Waals surface area (Å²) in [5.74, 6) is 2.74. The van der Waals surface area contributed by atoms with Crippen molar-refractivity contribution in [3.05, 3.63) is 64.0 Å². The Hall–Kier alpha value is -3.00. The Morgan fingerprint density at radius 3 is 2.42 bits per heavy atom. The summed E-state index contributed by atoms with van der Waals surface area (Å²) in [5, 5.41) is 16.5. The Morgan fingerprint density at radius 2 is 1.77 bits per heavy atom. The number of rotatable bonds is 6. The lowest BCUT2D eigenvalue weighted by Crippen LogP contribution is -2.38. The molecule has 31 heavy (non-hydrogen) atoms. The van der Waals surface area contributed by atoms with E-state index in [1.807, 2.05) is 23.1 Å². The molecule has 0 bridgehead atoms. The number of halogens is 1. The molecule has 1 fully saturated rings. The summed E-state index contributed by atoms with van der Waals surface area (Å²) in [5.41, 5.74) is 1.82. The molecule has 8 nitrogen and oxygen atoms in total. The average molecular weight is 442 g/mol. The summed E-state index contributed by atoms with van der Waals surface area (Å²) in [6, 6.07) is 5.55. The molecule has 1 saturated heterocycles. The van der Waals surface area contributed by atoms with Gasteiger partial charge in [0.15, 0.2) is 0 Å². The highest BCUT2D eigenvalue weighted by Gasteiger charge is 2.23. The zero-order chi connectivity index (χ0) is 21.8. The number of piperidine rings is 1. The van der Waals surface area contributed by atoms with Gasteiger partial charge in [0.05, 0.1) is 6.42 Å². The number of benzene rings is 1. The van der Waals surface area contributed by atoms with Crippen molar-refractivity contribution in [1.82, 2.24) is 25.3 Å². The molecule has 0 saturated carbocycles. The molecule has 0 atom stereocenters. The quantitative estimate of drug-likeness (QED) is 0.536. The van der Waals surface area contributed by atoms with Crippen LogP contribution in [0.15, 0.2) is 33.1 Å². The van der Waals surface area contributed by atoms with Gasteiger partial charge >= 0.3 is 0 Å². The Labute approximate surface area is 185 Å². The highest BCUT2D eigenvalue weighted by molar-refractivity contribution is 6.30. The molecule has 1 amide bonds. The fourth-order valence-electron chi connectivity index (χ4n) is 3.75. The van der Waals surface area contributed by atoms with E-state index < -0.39 is 0 Å². The van der Waals surface area contributed by atoms with Crippen molar-refractivity contribution in [3.8, 4) is 0 Å². The maximum atomic E-state index is 12.7. The van der Waals surface area contributed by atoms with Crippen LogP contribution in [-0.2, 0) is 17.6 Å². The summed E-state index contributed by atoms with van der Waals surface area (Å²) in [6.45, 7) is 4.98. The lowest BCUT2D eigenvalue weighted by atomic mass is 9.93. The predicted octanol–water partition coefficient (Wildman–Crippen LogP) is 3.81. The van der Waals surface area contributed by atoms with E-state index in [4.69, 9.17) is 20.4 Å². The van der Waals surface area contributed by atoms with E-state index in [9.17, 15) is 4.79 Å². The Bertz CT molecular complexity index is 1080. The second kappa shape index (κ2) is 9.43. The number of carbonyl (C=O) groups is 1. The van der Waals surface area contributed by atoms with E-state index >= 15 is 0 Å². The summed E-state index contributed by atoms with van der Waals surface area (Å²) in [6.07, 6.45) is 6.50. The largest absolute Gasteiger partial charge is 0.426 e. The van der Waals surface area contributed by atoms with E-state index in [-0.39, 0.29) is 5.91 Å². The molecule has 0 aliphatic carbocycles. The van der Waals surface area contributed by atoms with E-state index in [0.29, 0.717) is 40.9 Å². The van der Waals surface area contributed by atoms with Gasteiger partial charge in [-0.15, -0.1) is 20.4 Å². The van der Waals surface area contributed by atoms with Crippen LogP contribution in [0.4, 0.5) is 0 Å². The third-order valence-corrected chi connectivity index (χ3v) is 5.61. The number of carbonyl (C=O) groups excluding carboxylic acids is 1. The van der Waals surface area contributed by atoms with Gasteiger partial charge in [-0.1, -0.05) is 17.7 Å². The highest BCUT2D eigenvalue weighted by atomic mass is 35.5. The van der Waals surface area contributed by atoms with Crippen LogP contribution >= 0.6 is 11.6 Å². The lowest BCUT2D eigenvalue weighted by Gasteiger charge is -2.30. The smallest absolute Gasteiger partial charge is 0.246 e. The molecule has 4 rings (SSSR count). The van der Waals surface area contributed by atoms with Crippen LogP contribution in [-0.4, -0.2) is 44.3 Å². The fourth-order valence-corrected chi connectivity index (χ4v) is 3.95. The monoisotopic (exact) mass is 441 g/mol. The predicted molar refractivity (Wildman–Crippen MR) is 114 cm³/mol. The molecule has 3 heterocycles. The number of amides is 1. The molecule has 3 aromatic rings. The van der Waals surface area contributed by atoms with Crippen molar-refractivity contribution in [2.24, 2.45) is 5.92 Å². The third kappa shape index (κ3) is 5.58. The van der Waals surface area contributed by atoms with Gasteiger partial charge in [0.1, 0.15) is 0 Å². The van der Waals surface area contributed by atoms with Crippen molar-refractivity contribution in [2.45, 2.75) is 39.5 Å². The molecule has 0 spiro atoms. The molecule has 1 aliphatic heterocycles. The third-order valence-electron chi connectivity index (χ3n) is 5.38. The van der Waals surface area contributed by atoms with Crippen molar-refractivity contribution >= 4 is 23.6 Å². The van der Waals surface area contributed by atoms with Crippen LogP contribution in [0.5, 0.6) is 0 Å². The van der Waals surface area contributed by atoms with Gasteiger partial charge in [0, 0.05) is 44.5 Å². The second-order valence-corrected chi connectivity index (χ2v) is 8.19. The van der Waals surface area contributed by atoms with E-state index in [1.54, 1.807) is 26.0 Å². The van der Waals surface area contributed by atoms with Crippen LogP contribution in [0.3, 0.4) is 0 Å². The first-order valence-corrected chi connectivity index (χ1v) is 10.7. The maximum Gasteiger partial charge on any atom is 0.246 e. The van der Waals surface area contributed by atoms with E-state index in [0.717, 1.165) is 43.5 Å². The van der Waals surface area contributed by atoms with E-state index in [1.165, 1.54) is 0 Å². The molecular formula is C22H24ClN5O3. The Morgan fingerprint density at radius 1 is 1.10 bits per heavy atom. The average Bonchev–Trinajstić information content (AvgIpc) is 3.35. The molecule has 0 N–H and O–H groups in total. The van der Waals surface area contributed by atoms with Gasteiger partial charge in [0.2, 0.25) is 29.5 Å². The van der Waals surface area contributed by atoms with Gasteiger partial charge in [-0.2, -0.15) is 0 Å². The van der Waals surface area contributed by atoms with Crippen molar-refractivity contribution in [1.29, 1.82) is 0 Å². The number of aryl methyl sites for hydroxylation is 2. The molecule has 2 aromatic heterocycles. The number of hydrogen-bond acceptors (Lipinski definition) is 7. The van der Waals surface area contributed by atoms with Crippen LogP contribution in [0, 0.1) is 19.8 Å². The van der Waals surface area contributed by atoms with E-state index in [2.05, 4.69) is 20.4 Å². The molecule has 9 heteroatoms. The minimum absolute atomic E-state index is 0.00150. The van der Waals surface area contributed by atoms with Gasteiger partial charge in [0.25, 0.3) is 0 Å². The zero-order valence-corrected chi connectivity index (χ0v) is 18.3. The number of hydrogen-bond donors (Lipinski definition) is 0. The second-order valence-electron chi connectivity index (χ2n) is 7.76. The Kier molecular flexibility index (Phi) is 6.46. The standard InChI is InChI=1S/C22H24ClN5O3/c1-14-24-26-20(30-14)11-16-7-9-28(10-8-16)22(29)6-4-17-3-5-19(23)12-18(17)13-21-27-25-15(2)31-21/h3-6,12,16H,7-11,13H2,1-2H3. The number of nitrogens with zero attached hydrogens (tertiary/aromatic N) is 5. The normalized spacial score (nSPS) is 15.1. The first kappa shape index (κ1) is 21.2. The SMILES string of the molecule is Cc1nnc(Cc2cc(Cl)ccc2C=CC(=O)N2CCC(Cc3nnc(C)o3)CC2)o1. The minimum Gasteiger partial charge on any atom is -0.426 e. The van der Waals surface area contributed by atoms with Gasteiger partial charge in [-0.25, -0.2) is 0 Å². The van der Waals surface area contributed by atoms with Gasteiger partial charge in [-0.3, -0.25) is 4.79 Å². The van der Waals surface area contributed by atoms with Crippen LogP contribution < -0.4 is 0 Å². The highest BCUT2D eigenvalue weighted by Crippen LogP contribution is 2.23. The molecule has 1 aromatic carbocycles. The van der Waals surface area contributed by atoms with Crippen LogP contribution in [0.25, 0.3) is 6.08 Å². The maximum absolute atomic E-state index is 12.7. The molecule has 162 valence electrons. The number of aromatic nitrogens is 4.